The van der Waals surface area contributed by atoms with E-state index in [1.54, 1.807) is 7.11 Å². The Morgan fingerprint density at radius 1 is 1.10 bits per heavy atom. The molecule has 0 spiro atoms. The van der Waals surface area contributed by atoms with E-state index in [1.165, 1.54) is 9.13 Å². The molecule has 3 nitrogen and oxygen atoms in total. The lowest BCUT2D eigenvalue weighted by atomic mass is 10.1. The number of hydrogen-bond donors (Lipinski definition) is 1. The zero-order valence-electron chi connectivity index (χ0n) is 12.6. The van der Waals surface area contributed by atoms with Crippen LogP contribution in [0.2, 0.25) is 0 Å². The Morgan fingerprint density at radius 3 is 2.57 bits per heavy atom. The van der Waals surface area contributed by atoms with Crippen molar-refractivity contribution >= 4 is 28.3 Å². The van der Waals surface area contributed by atoms with E-state index in [0.717, 1.165) is 29.3 Å². The molecule has 0 unspecified atom stereocenters. The predicted molar refractivity (Wildman–Crippen MR) is 95.4 cm³/mol. The Hall–Kier alpha value is -1.43. The molecule has 0 heterocycles. The molecule has 0 saturated heterocycles. The number of anilines is 1. The van der Waals surface area contributed by atoms with Gasteiger partial charge in [-0.1, -0.05) is 6.07 Å². The lowest BCUT2D eigenvalue weighted by Crippen LogP contribution is -2.02. The van der Waals surface area contributed by atoms with Crippen LogP contribution in [0.15, 0.2) is 36.4 Å². The van der Waals surface area contributed by atoms with Crippen molar-refractivity contribution in [2.75, 3.05) is 19.0 Å². The van der Waals surface area contributed by atoms with Crippen molar-refractivity contribution < 1.29 is 9.47 Å². The molecule has 0 aliphatic carbocycles. The first kappa shape index (κ1) is 15.9. The normalized spacial score (nSPS) is 10.3. The molecule has 2 aromatic carbocycles. The molecule has 0 aliphatic rings. The van der Waals surface area contributed by atoms with Gasteiger partial charge in [0, 0.05) is 15.8 Å². The van der Waals surface area contributed by atoms with Crippen LogP contribution in [-0.2, 0) is 6.54 Å². The number of nitrogens with one attached hydrogen (secondary N) is 1. The molecule has 0 aromatic heterocycles. The fraction of sp³-hybridized carbons (Fsp3) is 0.294. The predicted octanol–water partition coefficient (Wildman–Crippen LogP) is 4.62. The molecular weight excluding hydrogens is 377 g/mol. The quantitative estimate of drug-likeness (QED) is 0.722. The van der Waals surface area contributed by atoms with Crippen molar-refractivity contribution in [1.29, 1.82) is 0 Å². The lowest BCUT2D eigenvalue weighted by Gasteiger charge is -2.13. The van der Waals surface area contributed by atoms with Crippen molar-refractivity contribution in [3.05, 3.63) is 51.1 Å². The Kier molecular flexibility index (Phi) is 5.73. The number of aryl methyl sites for hydroxylation is 1. The van der Waals surface area contributed by atoms with Crippen LogP contribution in [0.3, 0.4) is 0 Å². The first-order chi connectivity index (χ1) is 10.1. The third-order valence-corrected chi connectivity index (χ3v) is 3.87. The van der Waals surface area contributed by atoms with Gasteiger partial charge in [-0.25, -0.2) is 0 Å². The minimum absolute atomic E-state index is 0.635. The van der Waals surface area contributed by atoms with E-state index in [4.69, 9.17) is 9.47 Å². The molecule has 0 saturated carbocycles. The topological polar surface area (TPSA) is 30.5 Å². The summed E-state index contributed by atoms with van der Waals surface area (Å²) in [5, 5.41) is 3.46. The number of ether oxygens (including phenoxy) is 2. The van der Waals surface area contributed by atoms with Gasteiger partial charge in [-0.15, -0.1) is 0 Å². The highest BCUT2D eigenvalue weighted by molar-refractivity contribution is 14.1. The number of rotatable bonds is 6. The van der Waals surface area contributed by atoms with Crippen molar-refractivity contribution in [3.63, 3.8) is 0 Å². The molecule has 2 aromatic rings. The van der Waals surface area contributed by atoms with Crippen molar-refractivity contribution in [2.24, 2.45) is 0 Å². The zero-order chi connectivity index (χ0) is 15.2. The fourth-order valence-corrected chi connectivity index (χ4v) is 2.77. The highest BCUT2D eigenvalue weighted by Gasteiger charge is 2.06. The minimum Gasteiger partial charge on any atom is -0.493 e. The average Bonchev–Trinajstić information content (AvgIpc) is 2.47. The Balaban J connectivity index is 2.09. The van der Waals surface area contributed by atoms with Crippen LogP contribution in [0.5, 0.6) is 11.5 Å². The summed E-state index contributed by atoms with van der Waals surface area (Å²) in [6, 6.07) is 12.4. The summed E-state index contributed by atoms with van der Waals surface area (Å²) in [6.07, 6.45) is 0. The number of benzene rings is 2. The van der Waals surface area contributed by atoms with Crippen LogP contribution in [-0.4, -0.2) is 13.7 Å². The molecule has 0 amide bonds. The van der Waals surface area contributed by atoms with E-state index >= 15 is 0 Å². The van der Waals surface area contributed by atoms with Gasteiger partial charge in [0.1, 0.15) is 0 Å². The summed E-state index contributed by atoms with van der Waals surface area (Å²) in [5.41, 5.74) is 3.57. The largest absolute Gasteiger partial charge is 0.493 e. The second-order valence-electron chi connectivity index (χ2n) is 4.73. The van der Waals surface area contributed by atoms with Gasteiger partial charge in [-0.3, -0.25) is 0 Å². The van der Waals surface area contributed by atoms with Gasteiger partial charge in [0.05, 0.1) is 13.7 Å². The van der Waals surface area contributed by atoms with Gasteiger partial charge in [0.15, 0.2) is 11.5 Å². The summed E-state index contributed by atoms with van der Waals surface area (Å²) in [6.45, 7) is 5.47. The van der Waals surface area contributed by atoms with Gasteiger partial charge in [0.2, 0.25) is 0 Å². The number of hydrogen-bond acceptors (Lipinski definition) is 3. The lowest BCUT2D eigenvalue weighted by molar-refractivity contribution is 0.310. The molecule has 4 heteroatoms. The van der Waals surface area contributed by atoms with Gasteiger partial charge < -0.3 is 14.8 Å². The SMILES string of the molecule is CCOc1ccc(CNc2ccc(I)cc2C)cc1OC. The minimum atomic E-state index is 0.635. The van der Waals surface area contributed by atoms with Gasteiger partial charge in [-0.2, -0.15) is 0 Å². The van der Waals surface area contributed by atoms with E-state index < -0.39 is 0 Å². The number of methoxy groups -OCH3 is 1. The van der Waals surface area contributed by atoms with E-state index in [0.29, 0.717) is 6.61 Å². The zero-order valence-corrected chi connectivity index (χ0v) is 14.7. The fourth-order valence-electron chi connectivity index (χ4n) is 2.12. The molecule has 0 radical (unpaired) electrons. The van der Waals surface area contributed by atoms with E-state index in [-0.39, 0.29) is 0 Å². The van der Waals surface area contributed by atoms with Crippen molar-refractivity contribution in [1.82, 2.24) is 0 Å². The molecule has 0 bridgehead atoms. The molecule has 21 heavy (non-hydrogen) atoms. The summed E-state index contributed by atoms with van der Waals surface area (Å²) >= 11 is 2.32. The van der Waals surface area contributed by atoms with Crippen LogP contribution in [0.1, 0.15) is 18.1 Å². The standard InChI is InChI=1S/C17H20INO2/c1-4-21-16-8-5-13(10-17(16)20-3)11-19-15-7-6-14(18)9-12(15)2/h5-10,19H,4,11H2,1-3H3. The van der Waals surface area contributed by atoms with E-state index in [1.807, 2.05) is 19.1 Å². The monoisotopic (exact) mass is 397 g/mol. The molecular formula is C17H20INO2. The van der Waals surface area contributed by atoms with Crippen LogP contribution in [0, 0.1) is 10.5 Å². The summed E-state index contributed by atoms with van der Waals surface area (Å²) in [7, 11) is 1.67. The van der Waals surface area contributed by atoms with Gasteiger partial charge >= 0.3 is 0 Å². The van der Waals surface area contributed by atoms with Crippen molar-refractivity contribution in [3.8, 4) is 11.5 Å². The van der Waals surface area contributed by atoms with E-state index in [2.05, 4.69) is 59.1 Å². The molecule has 1 N–H and O–H groups in total. The van der Waals surface area contributed by atoms with Gasteiger partial charge in [0.25, 0.3) is 0 Å². The van der Waals surface area contributed by atoms with Crippen LogP contribution in [0.25, 0.3) is 0 Å². The molecule has 112 valence electrons. The summed E-state index contributed by atoms with van der Waals surface area (Å²) in [4.78, 5) is 0. The Labute approximate surface area is 139 Å². The highest BCUT2D eigenvalue weighted by Crippen LogP contribution is 2.28. The molecule has 0 aliphatic heterocycles. The third-order valence-electron chi connectivity index (χ3n) is 3.20. The Morgan fingerprint density at radius 2 is 1.90 bits per heavy atom. The second kappa shape index (κ2) is 7.54. The van der Waals surface area contributed by atoms with Crippen LogP contribution in [0.4, 0.5) is 5.69 Å². The van der Waals surface area contributed by atoms with Crippen molar-refractivity contribution in [2.45, 2.75) is 20.4 Å². The maximum absolute atomic E-state index is 5.53. The van der Waals surface area contributed by atoms with E-state index in [9.17, 15) is 0 Å². The first-order valence-electron chi connectivity index (χ1n) is 6.93. The maximum atomic E-state index is 5.53. The van der Waals surface area contributed by atoms with Gasteiger partial charge in [-0.05, 0) is 77.9 Å². The third kappa shape index (κ3) is 4.27. The maximum Gasteiger partial charge on any atom is 0.161 e. The summed E-state index contributed by atoms with van der Waals surface area (Å²) in [5.74, 6) is 1.56. The smallest absolute Gasteiger partial charge is 0.161 e. The molecule has 0 fully saturated rings. The molecule has 2 rings (SSSR count). The average molecular weight is 397 g/mol. The molecule has 0 atom stereocenters. The second-order valence-corrected chi connectivity index (χ2v) is 5.98. The highest BCUT2D eigenvalue weighted by atomic mass is 127. The first-order valence-corrected chi connectivity index (χ1v) is 8.01. The summed E-state index contributed by atoms with van der Waals surface area (Å²) < 4.78 is 12.2. The Bertz CT molecular complexity index is 614. The number of halogens is 1. The van der Waals surface area contributed by atoms with Crippen LogP contribution >= 0.6 is 22.6 Å². The van der Waals surface area contributed by atoms with Crippen LogP contribution < -0.4 is 14.8 Å².